The maximum absolute atomic E-state index is 11.6. The van der Waals surface area contributed by atoms with Gasteiger partial charge >= 0.3 is 0 Å². The smallest absolute Gasteiger partial charge is 0.220 e. The average Bonchev–Trinajstić information content (AvgIpc) is 2.72. The molecule has 0 aromatic heterocycles. The summed E-state index contributed by atoms with van der Waals surface area (Å²) < 4.78 is 0. The summed E-state index contributed by atoms with van der Waals surface area (Å²) in [6.45, 7) is 4.06. The van der Waals surface area contributed by atoms with Gasteiger partial charge in [-0.25, -0.2) is 0 Å². The van der Waals surface area contributed by atoms with Crippen LogP contribution in [0.3, 0.4) is 0 Å². The zero-order valence-corrected chi connectivity index (χ0v) is 13.4. The van der Waals surface area contributed by atoms with E-state index in [0.29, 0.717) is 38.4 Å². The van der Waals surface area contributed by atoms with Crippen LogP contribution in [0, 0.1) is 0 Å². The number of carbonyl (C=O) groups excluding carboxylic acids is 2. The van der Waals surface area contributed by atoms with Crippen molar-refractivity contribution in [1.82, 2.24) is 16.0 Å². The monoisotopic (exact) mass is 297 g/mol. The van der Waals surface area contributed by atoms with E-state index in [1.165, 1.54) is 38.5 Å². The average molecular weight is 297 g/mol. The number of amides is 2. The van der Waals surface area contributed by atoms with Crippen molar-refractivity contribution in [3.05, 3.63) is 0 Å². The molecule has 1 fully saturated rings. The predicted molar refractivity (Wildman–Crippen MR) is 85.0 cm³/mol. The minimum atomic E-state index is 0.0281. The molecule has 2 amide bonds. The molecule has 0 unspecified atom stereocenters. The van der Waals surface area contributed by atoms with Crippen LogP contribution in [0.4, 0.5) is 0 Å². The van der Waals surface area contributed by atoms with E-state index in [1.54, 1.807) is 0 Å². The predicted octanol–water partition coefficient (Wildman–Crippen LogP) is 1.72. The molecule has 122 valence electrons. The van der Waals surface area contributed by atoms with Crippen molar-refractivity contribution in [2.45, 2.75) is 70.8 Å². The number of hydrogen-bond acceptors (Lipinski definition) is 3. The third kappa shape index (κ3) is 9.45. The van der Waals surface area contributed by atoms with Crippen molar-refractivity contribution in [3.8, 4) is 0 Å². The van der Waals surface area contributed by atoms with Gasteiger partial charge in [-0.1, -0.05) is 25.7 Å². The quantitative estimate of drug-likeness (QED) is 0.448. The molecule has 5 nitrogen and oxygen atoms in total. The van der Waals surface area contributed by atoms with Gasteiger partial charge in [0.15, 0.2) is 0 Å². The lowest BCUT2D eigenvalue weighted by molar-refractivity contribution is -0.122. The van der Waals surface area contributed by atoms with Gasteiger partial charge in [0.05, 0.1) is 0 Å². The standard InChI is InChI=1S/C16H31N3O2/c1-2-17-15(20)10-7-11-16(21)19-13-12-18-14-8-5-3-4-6-9-14/h14,18H,2-13H2,1H3,(H,17,20)(H,19,21). The largest absolute Gasteiger partial charge is 0.356 e. The van der Waals surface area contributed by atoms with E-state index in [9.17, 15) is 9.59 Å². The third-order valence-electron chi connectivity index (χ3n) is 3.92. The Bertz CT molecular complexity index is 300. The topological polar surface area (TPSA) is 70.2 Å². The Hall–Kier alpha value is -1.10. The molecule has 0 atom stereocenters. The van der Waals surface area contributed by atoms with Gasteiger partial charge < -0.3 is 16.0 Å². The molecule has 0 bridgehead atoms. The number of hydrogen-bond donors (Lipinski definition) is 3. The van der Waals surface area contributed by atoms with Crippen molar-refractivity contribution in [2.24, 2.45) is 0 Å². The number of rotatable bonds is 9. The molecule has 0 aromatic rings. The lowest BCUT2D eigenvalue weighted by Crippen LogP contribution is -2.36. The van der Waals surface area contributed by atoms with Gasteiger partial charge in [0, 0.05) is 38.5 Å². The first kappa shape index (κ1) is 18.0. The summed E-state index contributed by atoms with van der Waals surface area (Å²) in [5.74, 6) is 0.0716. The molecule has 1 rings (SSSR count). The summed E-state index contributed by atoms with van der Waals surface area (Å²) in [6.07, 6.45) is 9.38. The Kier molecular flexibility index (Phi) is 9.87. The highest BCUT2D eigenvalue weighted by Crippen LogP contribution is 2.16. The molecule has 0 aliphatic heterocycles. The molecular formula is C16H31N3O2. The van der Waals surface area contributed by atoms with Gasteiger partial charge in [-0.2, -0.15) is 0 Å². The molecule has 1 aliphatic carbocycles. The summed E-state index contributed by atoms with van der Waals surface area (Å²) >= 11 is 0. The maximum atomic E-state index is 11.6. The molecule has 21 heavy (non-hydrogen) atoms. The summed E-state index contributed by atoms with van der Waals surface area (Å²) in [7, 11) is 0. The molecule has 0 saturated heterocycles. The molecule has 0 heterocycles. The van der Waals surface area contributed by atoms with E-state index in [-0.39, 0.29) is 11.8 Å². The molecule has 0 aromatic carbocycles. The number of nitrogens with one attached hydrogen (secondary N) is 3. The van der Waals surface area contributed by atoms with Crippen LogP contribution in [0.5, 0.6) is 0 Å². The highest BCUT2D eigenvalue weighted by Gasteiger charge is 2.11. The van der Waals surface area contributed by atoms with E-state index in [1.807, 2.05) is 6.92 Å². The Morgan fingerprint density at radius 2 is 1.52 bits per heavy atom. The van der Waals surface area contributed by atoms with Crippen molar-refractivity contribution < 1.29 is 9.59 Å². The van der Waals surface area contributed by atoms with Gasteiger partial charge in [-0.05, 0) is 26.2 Å². The van der Waals surface area contributed by atoms with Crippen LogP contribution < -0.4 is 16.0 Å². The van der Waals surface area contributed by atoms with Gasteiger partial charge in [-0.3, -0.25) is 9.59 Å². The molecule has 0 spiro atoms. The van der Waals surface area contributed by atoms with Crippen LogP contribution in [0.15, 0.2) is 0 Å². The molecule has 5 heteroatoms. The van der Waals surface area contributed by atoms with Gasteiger partial charge in [0.1, 0.15) is 0 Å². The Labute approximate surface area is 128 Å². The zero-order valence-electron chi connectivity index (χ0n) is 13.4. The molecule has 1 saturated carbocycles. The van der Waals surface area contributed by atoms with Gasteiger partial charge in [0.2, 0.25) is 11.8 Å². The third-order valence-corrected chi connectivity index (χ3v) is 3.92. The summed E-state index contributed by atoms with van der Waals surface area (Å²) in [6, 6.07) is 0.627. The summed E-state index contributed by atoms with van der Waals surface area (Å²) in [5, 5.41) is 9.17. The van der Waals surface area contributed by atoms with E-state index in [0.717, 1.165) is 6.54 Å². The van der Waals surface area contributed by atoms with E-state index in [4.69, 9.17) is 0 Å². The highest BCUT2D eigenvalue weighted by atomic mass is 16.2. The lowest BCUT2D eigenvalue weighted by Gasteiger charge is -2.16. The van der Waals surface area contributed by atoms with Crippen molar-refractivity contribution in [1.29, 1.82) is 0 Å². The highest BCUT2D eigenvalue weighted by molar-refractivity contribution is 5.78. The number of carbonyl (C=O) groups is 2. The normalized spacial score (nSPS) is 16.2. The van der Waals surface area contributed by atoms with Crippen molar-refractivity contribution in [2.75, 3.05) is 19.6 Å². The summed E-state index contributed by atoms with van der Waals surface area (Å²) in [5.41, 5.74) is 0. The van der Waals surface area contributed by atoms with Crippen LogP contribution in [-0.2, 0) is 9.59 Å². The molecule has 3 N–H and O–H groups in total. The van der Waals surface area contributed by atoms with Crippen molar-refractivity contribution >= 4 is 11.8 Å². The maximum Gasteiger partial charge on any atom is 0.220 e. The SMILES string of the molecule is CCNC(=O)CCCC(=O)NCCNC1CCCCCC1. The molecular weight excluding hydrogens is 266 g/mol. The van der Waals surface area contributed by atoms with Crippen molar-refractivity contribution in [3.63, 3.8) is 0 Å². The Morgan fingerprint density at radius 1 is 0.905 bits per heavy atom. The summed E-state index contributed by atoms with van der Waals surface area (Å²) in [4.78, 5) is 22.9. The Balaban J connectivity index is 1.96. The van der Waals surface area contributed by atoms with E-state index >= 15 is 0 Å². The lowest BCUT2D eigenvalue weighted by atomic mass is 10.1. The first-order valence-electron chi connectivity index (χ1n) is 8.49. The fraction of sp³-hybridized carbons (Fsp3) is 0.875. The van der Waals surface area contributed by atoms with E-state index in [2.05, 4.69) is 16.0 Å². The molecule has 1 aliphatic rings. The first-order chi connectivity index (χ1) is 10.2. The fourth-order valence-electron chi connectivity index (χ4n) is 2.75. The van der Waals surface area contributed by atoms with Gasteiger partial charge in [-0.15, -0.1) is 0 Å². The van der Waals surface area contributed by atoms with Crippen LogP contribution in [-0.4, -0.2) is 37.5 Å². The second-order valence-corrected chi connectivity index (χ2v) is 5.80. The second-order valence-electron chi connectivity index (χ2n) is 5.80. The van der Waals surface area contributed by atoms with Crippen LogP contribution in [0.2, 0.25) is 0 Å². The van der Waals surface area contributed by atoms with Crippen LogP contribution >= 0.6 is 0 Å². The minimum absolute atomic E-state index is 0.0281. The van der Waals surface area contributed by atoms with Crippen LogP contribution in [0.25, 0.3) is 0 Å². The van der Waals surface area contributed by atoms with Crippen LogP contribution in [0.1, 0.15) is 64.7 Å². The Morgan fingerprint density at radius 3 is 2.14 bits per heavy atom. The molecule has 0 radical (unpaired) electrons. The van der Waals surface area contributed by atoms with E-state index < -0.39 is 0 Å². The first-order valence-corrected chi connectivity index (χ1v) is 8.49. The second kappa shape index (κ2) is 11.5. The minimum Gasteiger partial charge on any atom is -0.356 e. The fourth-order valence-corrected chi connectivity index (χ4v) is 2.75. The van der Waals surface area contributed by atoms with Gasteiger partial charge in [0.25, 0.3) is 0 Å². The zero-order chi connectivity index (χ0) is 15.3.